The van der Waals surface area contributed by atoms with Gasteiger partial charge in [-0.05, 0) is 25.1 Å². The number of esters is 1. The molecule has 3 rings (SSSR count). The van der Waals surface area contributed by atoms with E-state index >= 15 is 0 Å². The average molecular weight is 308 g/mol. The number of carbonyl (C=O) groups is 1. The molecule has 0 radical (unpaired) electrons. The Kier molecular flexibility index (Phi) is 3.96. The Bertz CT molecular complexity index is 658. The fraction of sp³-hybridized carbons (Fsp3) is 0.308. The van der Waals surface area contributed by atoms with E-state index in [2.05, 4.69) is 10.2 Å². The van der Waals surface area contributed by atoms with E-state index in [-0.39, 0.29) is 18.5 Å². The van der Waals surface area contributed by atoms with Crippen molar-refractivity contribution in [3.05, 3.63) is 18.2 Å². The normalized spacial score (nSPS) is 12.4. The Morgan fingerprint density at radius 3 is 3.05 bits per heavy atom. The lowest BCUT2D eigenvalue weighted by Gasteiger charge is -1.99. The van der Waals surface area contributed by atoms with Crippen LogP contribution >= 0.6 is 11.8 Å². The minimum atomic E-state index is -0.315. The maximum atomic E-state index is 11.3. The molecule has 8 heteroatoms. The van der Waals surface area contributed by atoms with E-state index in [0.717, 1.165) is 17.3 Å². The molecule has 0 bridgehead atoms. The zero-order valence-corrected chi connectivity index (χ0v) is 12.0. The molecule has 110 valence electrons. The smallest absolute Gasteiger partial charge is 0.316 e. The lowest BCUT2D eigenvalue weighted by Crippen LogP contribution is -2.06. The van der Waals surface area contributed by atoms with Gasteiger partial charge in [0.2, 0.25) is 12.7 Å². The molecule has 0 atom stereocenters. The Hall–Kier alpha value is -2.22. The molecule has 1 aromatic heterocycles. The maximum absolute atomic E-state index is 11.3. The van der Waals surface area contributed by atoms with Crippen molar-refractivity contribution < 1.29 is 23.4 Å². The Morgan fingerprint density at radius 1 is 1.33 bits per heavy atom. The van der Waals surface area contributed by atoms with Gasteiger partial charge in [0.1, 0.15) is 5.75 Å². The Morgan fingerprint density at radius 2 is 2.19 bits per heavy atom. The van der Waals surface area contributed by atoms with Crippen LogP contribution in [-0.2, 0) is 9.53 Å². The number of hydrogen-bond donors (Lipinski definition) is 0. The number of carbonyl (C=O) groups excluding carboxylic acids is 1. The Balaban J connectivity index is 1.68. The van der Waals surface area contributed by atoms with Gasteiger partial charge in [-0.25, -0.2) is 0 Å². The minimum absolute atomic E-state index is 0.136. The number of thioether (sulfide) groups is 1. The van der Waals surface area contributed by atoms with Crippen LogP contribution in [0.4, 0.5) is 0 Å². The molecule has 0 fully saturated rings. The molecule has 1 aromatic carbocycles. The van der Waals surface area contributed by atoms with Crippen LogP contribution in [0.3, 0.4) is 0 Å². The minimum Gasteiger partial charge on any atom is -0.465 e. The first-order chi connectivity index (χ1) is 10.3. The van der Waals surface area contributed by atoms with Crippen molar-refractivity contribution in [3.8, 4) is 23.0 Å². The van der Waals surface area contributed by atoms with Crippen molar-refractivity contribution in [2.75, 3.05) is 19.2 Å². The largest absolute Gasteiger partial charge is 0.465 e. The highest BCUT2D eigenvalue weighted by Crippen LogP contribution is 2.35. The standard InChI is InChI=1S/C13H12N2O5S/c1-2-17-11(16)6-21-13-15-14-12(20-13)8-3-4-9-10(5-8)19-7-18-9/h3-5H,2,6-7H2,1H3. The van der Waals surface area contributed by atoms with Crippen LogP contribution in [0.25, 0.3) is 11.5 Å². The summed E-state index contributed by atoms with van der Waals surface area (Å²) in [6.07, 6.45) is 0. The van der Waals surface area contributed by atoms with Gasteiger partial charge in [-0.2, -0.15) is 0 Å². The third-order valence-corrected chi connectivity index (χ3v) is 3.44. The van der Waals surface area contributed by atoms with Gasteiger partial charge < -0.3 is 18.6 Å². The highest BCUT2D eigenvalue weighted by atomic mass is 32.2. The van der Waals surface area contributed by atoms with Gasteiger partial charge >= 0.3 is 5.97 Å². The van der Waals surface area contributed by atoms with Crippen molar-refractivity contribution in [3.63, 3.8) is 0 Å². The first-order valence-corrected chi connectivity index (χ1v) is 7.27. The van der Waals surface area contributed by atoms with E-state index in [1.807, 2.05) is 0 Å². The predicted octanol–water partition coefficient (Wildman–Crippen LogP) is 2.12. The summed E-state index contributed by atoms with van der Waals surface area (Å²) >= 11 is 1.14. The van der Waals surface area contributed by atoms with Crippen molar-refractivity contribution in [1.29, 1.82) is 0 Å². The molecule has 2 aromatic rings. The molecule has 1 aliphatic rings. The second kappa shape index (κ2) is 6.04. The van der Waals surface area contributed by atoms with Crippen LogP contribution in [0.5, 0.6) is 11.5 Å². The number of aromatic nitrogens is 2. The molecule has 2 heterocycles. The van der Waals surface area contributed by atoms with E-state index < -0.39 is 0 Å². The van der Waals surface area contributed by atoms with Crippen molar-refractivity contribution in [1.82, 2.24) is 10.2 Å². The SMILES string of the molecule is CCOC(=O)CSc1nnc(-c2ccc3c(c2)OCO3)o1. The summed E-state index contributed by atoms with van der Waals surface area (Å²) in [5.74, 6) is 1.52. The average Bonchev–Trinajstić information content (AvgIpc) is 3.13. The number of benzene rings is 1. The Labute approximate surface area is 124 Å². The third-order valence-electron chi connectivity index (χ3n) is 2.64. The molecule has 7 nitrogen and oxygen atoms in total. The summed E-state index contributed by atoms with van der Waals surface area (Å²) in [7, 11) is 0. The van der Waals surface area contributed by atoms with Crippen molar-refractivity contribution in [2.24, 2.45) is 0 Å². The van der Waals surface area contributed by atoms with Gasteiger partial charge in [0, 0.05) is 5.56 Å². The predicted molar refractivity (Wildman–Crippen MR) is 73.2 cm³/mol. The second-order valence-corrected chi connectivity index (χ2v) is 4.96. The van der Waals surface area contributed by atoms with Gasteiger partial charge in [-0.1, -0.05) is 11.8 Å². The van der Waals surface area contributed by atoms with Gasteiger partial charge in [0.15, 0.2) is 11.5 Å². The topological polar surface area (TPSA) is 83.7 Å². The summed E-state index contributed by atoms with van der Waals surface area (Å²) in [6, 6.07) is 5.36. The molecular weight excluding hydrogens is 296 g/mol. The summed E-state index contributed by atoms with van der Waals surface area (Å²) in [5.41, 5.74) is 0.731. The van der Waals surface area contributed by atoms with E-state index in [9.17, 15) is 4.79 Å². The first kappa shape index (κ1) is 13.7. The van der Waals surface area contributed by atoms with Gasteiger partial charge in [0.05, 0.1) is 6.61 Å². The number of rotatable bonds is 5. The first-order valence-electron chi connectivity index (χ1n) is 6.28. The molecular formula is C13H12N2O5S. The number of ether oxygens (including phenoxy) is 3. The summed E-state index contributed by atoms with van der Waals surface area (Å²) in [4.78, 5) is 11.3. The monoisotopic (exact) mass is 308 g/mol. The van der Waals surface area contributed by atoms with E-state index in [1.165, 1.54) is 0 Å². The molecule has 0 spiro atoms. The quantitative estimate of drug-likeness (QED) is 0.613. The van der Waals surface area contributed by atoms with Crippen LogP contribution in [0, 0.1) is 0 Å². The van der Waals surface area contributed by atoms with Gasteiger partial charge in [-0.15, -0.1) is 10.2 Å². The number of fused-ring (bicyclic) bond motifs is 1. The van der Waals surface area contributed by atoms with Gasteiger partial charge in [-0.3, -0.25) is 4.79 Å². The highest BCUT2D eigenvalue weighted by molar-refractivity contribution is 7.99. The number of hydrogen-bond acceptors (Lipinski definition) is 8. The molecule has 1 aliphatic heterocycles. The molecule has 0 saturated carbocycles. The second-order valence-electron chi connectivity index (χ2n) is 4.03. The molecule has 0 saturated heterocycles. The lowest BCUT2D eigenvalue weighted by atomic mass is 10.2. The van der Waals surface area contributed by atoms with E-state index in [0.29, 0.717) is 29.2 Å². The maximum Gasteiger partial charge on any atom is 0.316 e. The fourth-order valence-electron chi connectivity index (χ4n) is 1.74. The molecule has 0 N–H and O–H groups in total. The summed E-state index contributed by atoms with van der Waals surface area (Å²) in [6.45, 7) is 2.32. The summed E-state index contributed by atoms with van der Waals surface area (Å²) in [5, 5.41) is 8.15. The van der Waals surface area contributed by atoms with Crippen LogP contribution in [0.2, 0.25) is 0 Å². The lowest BCUT2D eigenvalue weighted by molar-refractivity contribution is -0.139. The van der Waals surface area contributed by atoms with Crippen LogP contribution in [0.1, 0.15) is 6.92 Å². The van der Waals surface area contributed by atoms with Gasteiger partial charge in [0.25, 0.3) is 5.22 Å². The van der Waals surface area contributed by atoms with Crippen LogP contribution < -0.4 is 9.47 Å². The van der Waals surface area contributed by atoms with Crippen molar-refractivity contribution >= 4 is 17.7 Å². The van der Waals surface area contributed by atoms with Crippen LogP contribution in [0.15, 0.2) is 27.8 Å². The fourth-order valence-corrected chi connectivity index (χ4v) is 2.30. The van der Waals surface area contributed by atoms with Crippen molar-refractivity contribution in [2.45, 2.75) is 12.1 Å². The van der Waals surface area contributed by atoms with E-state index in [1.54, 1.807) is 25.1 Å². The zero-order chi connectivity index (χ0) is 14.7. The molecule has 0 unspecified atom stereocenters. The molecule has 21 heavy (non-hydrogen) atoms. The zero-order valence-electron chi connectivity index (χ0n) is 11.2. The molecule has 0 aliphatic carbocycles. The molecule has 0 amide bonds. The van der Waals surface area contributed by atoms with E-state index in [4.69, 9.17) is 18.6 Å². The summed E-state index contributed by atoms with van der Waals surface area (Å²) < 4.78 is 20.9. The number of nitrogens with zero attached hydrogens (tertiary/aromatic N) is 2. The third kappa shape index (κ3) is 3.10. The highest BCUT2D eigenvalue weighted by Gasteiger charge is 2.17. The van der Waals surface area contributed by atoms with Crippen LogP contribution in [-0.4, -0.2) is 35.3 Å².